The number of rotatable bonds is 6. The Morgan fingerprint density at radius 3 is 2.52 bits per heavy atom. The first-order valence-corrected chi connectivity index (χ1v) is 8.67. The third-order valence-electron chi connectivity index (χ3n) is 2.98. The maximum absolute atomic E-state index is 12.5. The molecule has 0 unspecified atom stereocenters. The number of para-hydroxylation sites is 1. The van der Waals surface area contributed by atoms with Gasteiger partial charge in [-0.2, -0.15) is 0 Å². The Labute approximate surface area is 154 Å². The smallest absolute Gasteiger partial charge is 0.255 e. The molecule has 0 radical (unpaired) electrons. The van der Waals surface area contributed by atoms with Crippen LogP contribution in [-0.2, 0) is 0 Å². The number of benzene rings is 2. The molecule has 0 aliphatic carbocycles. The lowest BCUT2D eigenvalue weighted by atomic mass is 10.1. The van der Waals surface area contributed by atoms with E-state index in [1.165, 1.54) is 0 Å². The van der Waals surface area contributed by atoms with Crippen molar-refractivity contribution in [3.8, 4) is 11.5 Å². The van der Waals surface area contributed by atoms with Crippen molar-refractivity contribution in [2.24, 2.45) is 0 Å². The Balaban J connectivity index is 2.31. The van der Waals surface area contributed by atoms with Gasteiger partial charge in [0.05, 0.1) is 23.9 Å². The van der Waals surface area contributed by atoms with Gasteiger partial charge in [-0.15, -0.1) is 0 Å². The average Bonchev–Trinajstić information content (AvgIpc) is 2.53. The topological polar surface area (TPSA) is 47.6 Å². The van der Waals surface area contributed by atoms with Crippen molar-refractivity contribution >= 4 is 45.8 Å². The van der Waals surface area contributed by atoms with Gasteiger partial charge in [-0.1, -0.05) is 23.7 Å². The van der Waals surface area contributed by atoms with Crippen LogP contribution in [0.1, 0.15) is 24.2 Å². The molecule has 0 aliphatic heterocycles. The van der Waals surface area contributed by atoms with E-state index < -0.39 is 0 Å². The molecule has 122 valence electrons. The highest BCUT2D eigenvalue weighted by atomic mass is 127. The number of halogens is 2. The summed E-state index contributed by atoms with van der Waals surface area (Å²) in [6.45, 7) is 4.65. The number of anilines is 1. The lowest BCUT2D eigenvalue weighted by molar-refractivity contribution is 0.102. The zero-order valence-corrected chi connectivity index (χ0v) is 15.8. The van der Waals surface area contributed by atoms with Crippen molar-refractivity contribution in [1.82, 2.24) is 0 Å². The Morgan fingerprint density at radius 2 is 1.87 bits per heavy atom. The maximum Gasteiger partial charge on any atom is 0.255 e. The van der Waals surface area contributed by atoms with Gasteiger partial charge in [0.2, 0.25) is 0 Å². The third kappa shape index (κ3) is 4.51. The zero-order valence-electron chi connectivity index (χ0n) is 12.9. The highest BCUT2D eigenvalue weighted by molar-refractivity contribution is 14.1. The number of amides is 1. The third-order valence-corrected chi connectivity index (χ3v) is 4.20. The second kappa shape index (κ2) is 8.40. The van der Waals surface area contributed by atoms with E-state index in [4.69, 9.17) is 21.1 Å². The first kappa shape index (κ1) is 17.9. The summed E-state index contributed by atoms with van der Waals surface area (Å²) in [7, 11) is 0. The van der Waals surface area contributed by atoms with Crippen molar-refractivity contribution in [1.29, 1.82) is 0 Å². The van der Waals surface area contributed by atoms with Gasteiger partial charge in [0.25, 0.3) is 5.91 Å². The standard InChI is InChI=1S/C17H17ClINO3/c1-3-22-15-10-11(9-12(18)16(15)23-4-2)17(21)20-14-8-6-5-7-13(14)19/h5-10H,3-4H2,1-2H3,(H,20,21). The maximum atomic E-state index is 12.5. The monoisotopic (exact) mass is 445 g/mol. The minimum absolute atomic E-state index is 0.250. The SMILES string of the molecule is CCOc1cc(C(=O)Nc2ccccc2I)cc(Cl)c1OCC. The molecule has 0 aliphatic rings. The van der Waals surface area contributed by atoms with Crippen LogP contribution in [0, 0.1) is 3.57 Å². The van der Waals surface area contributed by atoms with E-state index in [1.807, 2.05) is 38.1 Å². The summed E-state index contributed by atoms with van der Waals surface area (Å²) in [6, 6.07) is 10.8. The summed E-state index contributed by atoms with van der Waals surface area (Å²) in [5.41, 5.74) is 1.17. The van der Waals surface area contributed by atoms with E-state index in [-0.39, 0.29) is 5.91 Å². The summed E-state index contributed by atoms with van der Waals surface area (Å²) in [6.07, 6.45) is 0. The Kier molecular flexibility index (Phi) is 6.53. The molecule has 4 nitrogen and oxygen atoms in total. The first-order chi connectivity index (χ1) is 11.1. The fourth-order valence-electron chi connectivity index (χ4n) is 2.00. The van der Waals surface area contributed by atoms with Crippen LogP contribution < -0.4 is 14.8 Å². The second-order valence-electron chi connectivity index (χ2n) is 4.59. The largest absolute Gasteiger partial charge is 0.490 e. The predicted octanol–water partition coefficient (Wildman–Crippen LogP) is 4.99. The minimum Gasteiger partial charge on any atom is -0.490 e. The zero-order chi connectivity index (χ0) is 16.8. The number of hydrogen-bond donors (Lipinski definition) is 1. The van der Waals surface area contributed by atoms with Crippen LogP contribution in [-0.4, -0.2) is 19.1 Å². The van der Waals surface area contributed by atoms with Crippen molar-refractivity contribution in [3.63, 3.8) is 0 Å². The van der Waals surface area contributed by atoms with Gasteiger partial charge in [0.1, 0.15) is 0 Å². The summed E-state index contributed by atoms with van der Waals surface area (Å²) >= 11 is 8.41. The van der Waals surface area contributed by atoms with Gasteiger partial charge in [-0.3, -0.25) is 4.79 Å². The Morgan fingerprint density at radius 1 is 1.17 bits per heavy atom. The molecular weight excluding hydrogens is 429 g/mol. The lowest BCUT2D eigenvalue weighted by Crippen LogP contribution is -2.13. The van der Waals surface area contributed by atoms with E-state index in [2.05, 4.69) is 27.9 Å². The predicted molar refractivity (Wildman–Crippen MR) is 101 cm³/mol. The molecule has 2 aromatic carbocycles. The van der Waals surface area contributed by atoms with Gasteiger partial charge in [-0.25, -0.2) is 0 Å². The molecule has 1 N–H and O–H groups in total. The molecule has 1 amide bonds. The highest BCUT2D eigenvalue weighted by Gasteiger charge is 2.16. The van der Waals surface area contributed by atoms with Crippen LogP contribution in [0.4, 0.5) is 5.69 Å². The number of hydrogen-bond acceptors (Lipinski definition) is 3. The van der Waals surface area contributed by atoms with Crippen molar-refractivity contribution in [2.75, 3.05) is 18.5 Å². The molecule has 0 saturated carbocycles. The van der Waals surface area contributed by atoms with Gasteiger partial charge >= 0.3 is 0 Å². The van der Waals surface area contributed by atoms with E-state index >= 15 is 0 Å². The normalized spacial score (nSPS) is 10.3. The molecule has 0 atom stereocenters. The number of carbonyl (C=O) groups is 1. The number of nitrogens with one attached hydrogen (secondary N) is 1. The van der Waals surface area contributed by atoms with Crippen molar-refractivity contribution in [2.45, 2.75) is 13.8 Å². The molecule has 0 heterocycles. The Hall–Kier alpha value is -1.47. The Bertz CT molecular complexity index is 706. The average molecular weight is 446 g/mol. The summed E-state index contributed by atoms with van der Waals surface area (Å²) < 4.78 is 12.0. The molecule has 2 aromatic rings. The highest BCUT2D eigenvalue weighted by Crippen LogP contribution is 2.37. The quantitative estimate of drug-likeness (QED) is 0.637. The second-order valence-corrected chi connectivity index (χ2v) is 6.15. The van der Waals surface area contributed by atoms with Crippen LogP contribution in [0.3, 0.4) is 0 Å². The fourth-order valence-corrected chi connectivity index (χ4v) is 2.79. The molecule has 23 heavy (non-hydrogen) atoms. The van der Waals surface area contributed by atoms with E-state index in [9.17, 15) is 4.79 Å². The van der Waals surface area contributed by atoms with Crippen molar-refractivity contribution < 1.29 is 14.3 Å². The molecule has 2 rings (SSSR count). The fraction of sp³-hybridized carbons (Fsp3) is 0.235. The summed E-state index contributed by atoms with van der Waals surface area (Å²) in [5.74, 6) is 0.677. The number of ether oxygens (including phenoxy) is 2. The van der Waals surface area contributed by atoms with Gasteiger partial charge in [0.15, 0.2) is 11.5 Å². The van der Waals surface area contributed by atoms with E-state index in [0.29, 0.717) is 35.3 Å². The molecule has 0 saturated heterocycles. The van der Waals surface area contributed by atoms with Crippen LogP contribution in [0.5, 0.6) is 11.5 Å². The molecule has 6 heteroatoms. The summed E-state index contributed by atoms with van der Waals surface area (Å²) in [4.78, 5) is 12.5. The van der Waals surface area contributed by atoms with Crippen molar-refractivity contribution in [3.05, 3.63) is 50.6 Å². The number of carbonyl (C=O) groups excluding carboxylic acids is 1. The van der Waals surface area contributed by atoms with Crippen LogP contribution in [0.25, 0.3) is 0 Å². The molecule has 0 fully saturated rings. The van der Waals surface area contributed by atoms with E-state index in [0.717, 1.165) is 9.26 Å². The van der Waals surface area contributed by atoms with Gasteiger partial charge in [-0.05, 0) is 60.7 Å². The lowest BCUT2D eigenvalue weighted by Gasteiger charge is -2.14. The van der Waals surface area contributed by atoms with Crippen LogP contribution in [0.2, 0.25) is 5.02 Å². The minimum atomic E-state index is -0.250. The molecule has 0 spiro atoms. The molecule has 0 aromatic heterocycles. The first-order valence-electron chi connectivity index (χ1n) is 7.21. The molecular formula is C17H17ClINO3. The van der Waals surface area contributed by atoms with Crippen LogP contribution >= 0.6 is 34.2 Å². The summed E-state index contributed by atoms with van der Waals surface area (Å²) in [5, 5.41) is 3.23. The van der Waals surface area contributed by atoms with Crippen LogP contribution in [0.15, 0.2) is 36.4 Å². The molecule has 0 bridgehead atoms. The van der Waals surface area contributed by atoms with Gasteiger partial charge < -0.3 is 14.8 Å². The van der Waals surface area contributed by atoms with Gasteiger partial charge in [0, 0.05) is 9.13 Å². The van der Waals surface area contributed by atoms with E-state index in [1.54, 1.807) is 12.1 Å².